The zero-order chi connectivity index (χ0) is 7.21. The molecule has 0 heterocycles. The van der Waals surface area contributed by atoms with Gasteiger partial charge in [-0.15, -0.1) is 0 Å². The molecule has 0 aromatic carbocycles. The molecule has 0 atom stereocenters. The summed E-state index contributed by atoms with van der Waals surface area (Å²) >= 11 is -0.931. The Labute approximate surface area is 111 Å². The van der Waals surface area contributed by atoms with E-state index in [1.54, 1.807) is 0 Å². The van der Waals surface area contributed by atoms with Crippen LogP contribution in [0, 0.1) is 0 Å². The van der Waals surface area contributed by atoms with Crippen molar-refractivity contribution in [3.8, 4) is 0 Å². The van der Waals surface area contributed by atoms with Crippen LogP contribution in [0.2, 0.25) is 0 Å². The summed E-state index contributed by atoms with van der Waals surface area (Å²) in [6.07, 6.45) is 0. The number of rotatable bonds is 0. The van der Waals surface area contributed by atoms with Gasteiger partial charge >= 0.3 is 96.3 Å². The summed E-state index contributed by atoms with van der Waals surface area (Å²) in [5, 5.41) is 0. The van der Waals surface area contributed by atoms with Crippen molar-refractivity contribution in [1.29, 1.82) is 0 Å². The van der Waals surface area contributed by atoms with E-state index in [9.17, 15) is 0 Å². The Hall–Kier alpha value is 2.71. The van der Waals surface area contributed by atoms with Crippen molar-refractivity contribution in [1.82, 2.24) is 0 Å². The van der Waals surface area contributed by atoms with Gasteiger partial charge in [-0.3, -0.25) is 9.11 Å². The number of hydrogen-bond acceptors (Lipinski definition) is 2. The van der Waals surface area contributed by atoms with Crippen molar-refractivity contribution in [3.05, 3.63) is 0 Å². The fraction of sp³-hybridized carbons (Fsp3) is 0. The van der Waals surface area contributed by atoms with Crippen molar-refractivity contribution in [2.75, 3.05) is 0 Å². The van der Waals surface area contributed by atoms with Crippen LogP contribution in [0.15, 0.2) is 0 Å². The van der Waals surface area contributed by atoms with Gasteiger partial charge in [0.15, 0.2) is 0 Å². The molecule has 0 saturated carbocycles. The molecular formula is H3Cl2KO4SZn. The molecule has 0 spiro atoms. The fourth-order valence-electron chi connectivity index (χ4n) is 0. The van der Waals surface area contributed by atoms with Crippen LogP contribution in [0.5, 0.6) is 0 Å². The summed E-state index contributed by atoms with van der Waals surface area (Å²) in [5.41, 5.74) is 0. The SMILES string of the molecule is O=S(=O)(O)O.[Cl][Zn][Cl].[KH]. The molecule has 0 saturated heterocycles. The first-order valence-corrected chi connectivity index (χ1v) is 10.4. The summed E-state index contributed by atoms with van der Waals surface area (Å²) in [5.74, 6) is 0. The van der Waals surface area contributed by atoms with Gasteiger partial charge in [-0.25, -0.2) is 0 Å². The van der Waals surface area contributed by atoms with E-state index < -0.39 is 25.5 Å². The van der Waals surface area contributed by atoms with Crippen LogP contribution in [0.4, 0.5) is 0 Å². The molecule has 0 aliphatic carbocycles. The Morgan fingerprint density at radius 1 is 1.22 bits per heavy atom. The van der Waals surface area contributed by atoms with E-state index >= 15 is 0 Å². The van der Waals surface area contributed by atoms with Crippen molar-refractivity contribution in [2.45, 2.75) is 0 Å². The van der Waals surface area contributed by atoms with Gasteiger partial charge in [0.25, 0.3) is 0 Å². The average molecular weight is 274 g/mol. The molecular weight excluding hydrogens is 271 g/mol. The molecule has 0 amide bonds. The van der Waals surface area contributed by atoms with E-state index in [0.717, 1.165) is 0 Å². The average Bonchev–Trinajstić information content (AvgIpc) is 1.27. The first kappa shape index (κ1) is 17.7. The molecule has 0 aliphatic rings. The molecule has 2 N–H and O–H groups in total. The second kappa shape index (κ2) is 10.7. The standard InChI is InChI=1S/2ClH.K.H2O4S.Zn.H/c;;;1-5(2,3)4;;/h2*1H;;(H2,1,2,3,4);;/q;;;;+2;/p-2. The van der Waals surface area contributed by atoms with Crippen molar-refractivity contribution in [3.63, 3.8) is 0 Å². The molecule has 4 nitrogen and oxygen atoms in total. The van der Waals surface area contributed by atoms with Crippen LogP contribution in [0.25, 0.3) is 0 Å². The Morgan fingerprint density at radius 3 is 1.22 bits per heavy atom. The summed E-state index contributed by atoms with van der Waals surface area (Å²) in [6, 6.07) is 0. The molecule has 0 fully saturated rings. The van der Waals surface area contributed by atoms with E-state index in [-0.39, 0.29) is 51.4 Å². The third kappa shape index (κ3) is 111. The monoisotopic (exact) mass is 272 g/mol. The van der Waals surface area contributed by atoms with E-state index in [1.807, 2.05) is 0 Å². The molecule has 9 heavy (non-hydrogen) atoms. The number of hydrogen-bond donors (Lipinski definition) is 2. The predicted molar refractivity (Wildman–Crippen MR) is 33.0 cm³/mol. The maximum atomic E-state index is 8.74. The summed E-state index contributed by atoms with van der Waals surface area (Å²) < 4.78 is 31.6. The summed E-state index contributed by atoms with van der Waals surface area (Å²) in [6.45, 7) is 0. The van der Waals surface area contributed by atoms with E-state index in [0.29, 0.717) is 0 Å². The van der Waals surface area contributed by atoms with Gasteiger partial charge in [-0.05, 0) is 0 Å². The van der Waals surface area contributed by atoms with Gasteiger partial charge in [0, 0.05) is 0 Å². The zero-order valence-electron chi connectivity index (χ0n) is 3.58. The second-order valence-electron chi connectivity index (χ2n) is 0.549. The van der Waals surface area contributed by atoms with Gasteiger partial charge in [-0.2, -0.15) is 8.42 Å². The van der Waals surface area contributed by atoms with Crippen LogP contribution in [0.1, 0.15) is 0 Å². The Kier molecular flexibility index (Phi) is 21.1. The second-order valence-corrected chi connectivity index (χ2v) is 6.07. The quantitative estimate of drug-likeness (QED) is 0.484. The van der Waals surface area contributed by atoms with Crippen molar-refractivity contribution in [2.24, 2.45) is 0 Å². The fourth-order valence-corrected chi connectivity index (χ4v) is 0. The maximum absolute atomic E-state index is 8.74. The molecule has 0 unspecified atom stereocenters. The van der Waals surface area contributed by atoms with Crippen LogP contribution >= 0.6 is 19.4 Å². The zero-order valence-corrected chi connectivity index (χ0v) is 8.88. The normalized spacial score (nSPS) is 7.56. The molecule has 0 aliphatic heterocycles. The minimum absolute atomic E-state index is 0. The van der Waals surface area contributed by atoms with Crippen LogP contribution in [-0.4, -0.2) is 68.9 Å². The Bertz CT molecular complexity index is 113. The third-order valence-corrected chi connectivity index (χ3v) is 0. The van der Waals surface area contributed by atoms with Crippen LogP contribution in [0.3, 0.4) is 0 Å². The molecule has 9 heteroatoms. The summed E-state index contributed by atoms with van der Waals surface area (Å²) in [7, 11) is 5.24. The molecule has 0 rings (SSSR count). The Balaban J connectivity index is -0.0000000800. The third-order valence-electron chi connectivity index (χ3n) is 0. The topological polar surface area (TPSA) is 74.6 Å². The van der Waals surface area contributed by atoms with Gasteiger partial charge in [0.05, 0.1) is 0 Å². The van der Waals surface area contributed by atoms with Crippen molar-refractivity contribution >= 4 is 81.2 Å². The van der Waals surface area contributed by atoms with E-state index in [1.165, 1.54) is 0 Å². The first-order chi connectivity index (χ1) is 3.41. The molecule has 50 valence electrons. The molecule has 0 bridgehead atoms. The molecule has 0 aromatic heterocycles. The molecule has 0 radical (unpaired) electrons. The predicted octanol–water partition coefficient (Wildman–Crippen LogP) is 0.0752. The van der Waals surface area contributed by atoms with E-state index in [4.69, 9.17) is 36.9 Å². The van der Waals surface area contributed by atoms with Gasteiger partial charge in [-0.1, -0.05) is 0 Å². The minimum atomic E-state index is -4.67. The Morgan fingerprint density at radius 2 is 1.22 bits per heavy atom. The van der Waals surface area contributed by atoms with Gasteiger partial charge < -0.3 is 0 Å². The van der Waals surface area contributed by atoms with Crippen LogP contribution < -0.4 is 0 Å². The van der Waals surface area contributed by atoms with Crippen molar-refractivity contribution < 1.29 is 32.7 Å². The number of halogens is 2. The van der Waals surface area contributed by atoms with Crippen LogP contribution in [-0.2, 0) is 25.5 Å². The van der Waals surface area contributed by atoms with Gasteiger partial charge in [0.1, 0.15) is 0 Å². The van der Waals surface area contributed by atoms with Gasteiger partial charge in [0.2, 0.25) is 0 Å². The summed E-state index contributed by atoms with van der Waals surface area (Å²) in [4.78, 5) is 0. The molecule has 0 aromatic rings. The first-order valence-electron chi connectivity index (χ1n) is 1.23. The van der Waals surface area contributed by atoms with E-state index in [2.05, 4.69) is 0 Å².